The number of anilines is 1. The molecule has 0 aliphatic heterocycles. The molecule has 0 spiro atoms. The number of hydrogen-bond donors (Lipinski definition) is 1. The quantitative estimate of drug-likeness (QED) is 0.847. The molecule has 23 heavy (non-hydrogen) atoms. The Kier molecular flexibility index (Phi) is 5.05. The van der Waals surface area contributed by atoms with E-state index in [4.69, 9.17) is 11.6 Å². The van der Waals surface area contributed by atoms with Gasteiger partial charge in [0.05, 0.1) is 5.69 Å². The molecule has 0 unspecified atom stereocenters. The van der Waals surface area contributed by atoms with E-state index >= 15 is 0 Å². The molecule has 0 aliphatic carbocycles. The molecular formula is C14H9ClF4N2O2. The highest BCUT2D eigenvalue weighted by Crippen LogP contribution is 2.23. The average Bonchev–Trinajstić information content (AvgIpc) is 2.47. The van der Waals surface area contributed by atoms with Crippen molar-refractivity contribution in [1.82, 2.24) is 4.98 Å². The van der Waals surface area contributed by atoms with Gasteiger partial charge in [-0.15, -0.1) is 0 Å². The van der Waals surface area contributed by atoms with Gasteiger partial charge in [0.15, 0.2) is 6.61 Å². The minimum atomic E-state index is -4.58. The van der Waals surface area contributed by atoms with Gasteiger partial charge in [-0.2, -0.15) is 13.2 Å². The number of pyridine rings is 1. The smallest absolute Gasteiger partial charge is 0.422 e. The second kappa shape index (κ2) is 6.82. The molecule has 1 heterocycles. The van der Waals surface area contributed by atoms with Crippen molar-refractivity contribution in [2.75, 3.05) is 11.9 Å². The number of aromatic nitrogens is 1. The molecule has 122 valence electrons. The summed E-state index contributed by atoms with van der Waals surface area (Å²) in [5.41, 5.74) is -0.434. The van der Waals surface area contributed by atoms with Crippen LogP contribution in [0.3, 0.4) is 0 Å². The van der Waals surface area contributed by atoms with Crippen molar-refractivity contribution in [3.05, 3.63) is 52.9 Å². The lowest BCUT2D eigenvalue weighted by Gasteiger charge is -2.12. The number of nitrogens with zero attached hydrogens (tertiary/aromatic N) is 1. The fourth-order valence-electron chi connectivity index (χ4n) is 1.61. The highest BCUT2D eigenvalue weighted by atomic mass is 35.5. The van der Waals surface area contributed by atoms with Gasteiger partial charge in [-0.05, 0) is 30.3 Å². The monoisotopic (exact) mass is 348 g/mol. The number of alkyl halides is 3. The average molecular weight is 349 g/mol. The Balaban J connectivity index is 2.19. The first-order valence-corrected chi connectivity index (χ1v) is 6.55. The number of nitrogens with one attached hydrogen (secondary N) is 1. The van der Waals surface area contributed by atoms with Gasteiger partial charge >= 0.3 is 6.18 Å². The molecule has 0 saturated carbocycles. The molecule has 2 aromatic rings. The van der Waals surface area contributed by atoms with Crippen molar-refractivity contribution in [2.45, 2.75) is 6.18 Å². The highest BCUT2D eigenvalue weighted by molar-refractivity contribution is 6.30. The van der Waals surface area contributed by atoms with Crippen molar-refractivity contribution < 1.29 is 27.1 Å². The summed E-state index contributed by atoms with van der Waals surface area (Å²) in [6, 6.07) is 6.11. The third-order valence-electron chi connectivity index (χ3n) is 2.57. The fourth-order valence-corrected chi connectivity index (χ4v) is 1.77. The van der Waals surface area contributed by atoms with Gasteiger partial charge in [0, 0.05) is 11.2 Å². The molecule has 2 rings (SSSR count). The Labute approximate surface area is 133 Å². The number of rotatable bonds is 4. The van der Waals surface area contributed by atoms with Crippen molar-refractivity contribution in [1.29, 1.82) is 0 Å². The standard InChI is InChI=1S/C14H9ClF4N2O2/c15-8-3-4-11(10(16)6-8)21-12(22)9-2-1-5-20-13(9)23-7-14(17,18)19/h1-6H,7H2,(H,21,22). The minimum absolute atomic E-state index is 0.135. The number of benzene rings is 1. The number of halogens is 5. The fraction of sp³-hybridized carbons (Fsp3) is 0.143. The van der Waals surface area contributed by atoms with Crippen LogP contribution in [0.25, 0.3) is 0 Å². The summed E-state index contributed by atoms with van der Waals surface area (Å²) >= 11 is 5.59. The van der Waals surface area contributed by atoms with E-state index in [0.29, 0.717) is 0 Å². The number of amides is 1. The van der Waals surface area contributed by atoms with Crippen LogP contribution >= 0.6 is 11.6 Å². The van der Waals surface area contributed by atoms with Gasteiger partial charge in [-0.3, -0.25) is 4.79 Å². The highest BCUT2D eigenvalue weighted by Gasteiger charge is 2.29. The largest absolute Gasteiger partial charge is 0.467 e. The molecule has 0 radical (unpaired) electrons. The number of carbonyl (C=O) groups excluding carboxylic acids is 1. The van der Waals surface area contributed by atoms with E-state index < -0.39 is 30.4 Å². The maximum absolute atomic E-state index is 13.6. The first-order valence-electron chi connectivity index (χ1n) is 6.17. The summed E-state index contributed by atoms with van der Waals surface area (Å²) in [5.74, 6) is -2.15. The number of hydrogen-bond acceptors (Lipinski definition) is 3. The summed E-state index contributed by atoms with van der Waals surface area (Å²) < 4.78 is 54.7. The van der Waals surface area contributed by atoms with Crippen LogP contribution in [0, 0.1) is 5.82 Å². The van der Waals surface area contributed by atoms with Crippen LogP contribution in [-0.2, 0) is 0 Å². The van der Waals surface area contributed by atoms with E-state index in [9.17, 15) is 22.4 Å². The van der Waals surface area contributed by atoms with E-state index in [1.165, 1.54) is 30.5 Å². The molecule has 0 saturated heterocycles. The Morgan fingerprint density at radius 3 is 2.70 bits per heavy atom. The lowest BCUT2D eigenvalue weighted by atomic mass is 10.2. The normalized spacial score (nSPS) is 11.2. The molecule has 1 N–H and O–H groups in total. The van der Waals surface area contributed by atoms with Crippen molar-refractivity contribution in [2.24, 2.45) is 0 Å². The molecule has 9 heteroatoms. The minimum Gasteiger partial charge on any atom is -0.467 e. The summed E-state index contributed by atoms with van der Waals surface area (Å²) in [7, 11) is 0. The third kappa shape index (κ3) is 4.82. The second-order valence-electron chi connectivity index (χ2n) is 4.34. The van der Waals surface area contributed by atoms with Crippen molar-refractivity contribution >= 4 is 23.2 Å². The van der Waals surface area contributed by atoms with Crippen molar-refractivity contribution in [3.63, 3.8) is 0 Å². The number of ether oxygens (including phenoxy) is 1. The van der Waals surface area contributed by atoms with E-state index in [2.05, 4.69) is 15.0 Å². The Morgan fingerprint density at radius 1 is 1.30 bits per heavy atom. The Hall–Kier alpha value is -2.35. The van der Waals surface area contributed by atoms with Crippen LogP contribution in [0.5, 0.6) is 5.88 Å². The summed E-state index contributed by atoms with van der Waals surface area (Å²) in [6.07, 6.45) is -3.40. The molecule has 0 fully saturated rings. The van der Waals surface area contributed by atoms with Gasteiger partial charge in [-0.1, -0.05) is 11.6 Å². The second-order valence-corrected chi connectivity index (χ2v) is 4.77. The zero-order valence-electron chi connectivity index (χ0n) is 11.3. The van der Waals surface area contributed by atoms with Crippen LogP contribution in [0.15, 0.2) is 36.5 Å². The first kappa shape index (κ1) is 17.0. The van der Waals surface area contributed by atoms with E-state index in [-0.39, 0.29) is 16.3 Å². The zero-order valence-corrected chi connectivity index (χ0v) is 12.1. The number of carbonyl (C=O) groups is 1. The molecule has 1 amide bonds. The zero-order chi connectivity index (χ0) is 17.0. The predicted octanol–water partition coefficient (Wildman–Crippen LogP) is 4.07. The first-order chi connectivity index (χ1) is 10.8. The Morgan fingerprint density at radius 2 is 2.04 bits per heavy atom. The third-order valence-corrected chi connectivity index (χ3v) is 2.80. The van der Waals surface area contributed by atoms with Crippen LogP contribution in [0.4, 0.5) is 23.2 Å². The van der Waals surface area contributed by atoms with E-state index in [0.717, 1.165) is 6.07 Å². The lowest BCUT2D eigenvalue weighted by molar-refractivity contribution is -0.154. The van der Waals surface area contributed by atoms with Crippen LogP contribution in [0.1, 0.15) is 10.4 Å². The van der Waals surface area contributed by atoms with E-state index in [1.807, 2.05) is 0 Å². The maximum atomic E-state index is 13.6. The molecule has 4 nitrogen and oxygen atoms in total. The topological polar surface area (TPSA) is 51.2 Å². The molecule has 0 bridgehead atoms. The Bertz CT molecular complexity index is 722. The molecule has 1 aromatic heterocycles. The molecular weight excluding hydrogens is 340 g/mol. The van der Waals surface area contributed by atoms with Gasteiger partial charge in [0.2, 0.25) is 5.88 Å². The van der Waals surface area contributed by atoms with Gasteiger partial charge < -0.3 is 10.1 Å². The lowest BCUT2D eigenvalue weighted by Crippen LogP contribution is -2.22. The van der Waals surface area contributed by atoms with Crippen LogP contribution in [0.2, 0.25) is 5.02 Å². The van der Waals surface area contributed by atoms with Gasteiger partial charge in [0.25, 0.3) is 5.91 Å². The van der Waals surface area contributed by atoms with Gasteiger partial charge in [0.1, 0.15) is 11.4 Å². The molecule has 0 atom stereocenters. The van der Waals surface area contributed by atoms with Crippen LogP contribution < -0.4 is 10.1 Å². The summed E-state index contributed by atoms with van der Waals surface area (Å²) in [4.78, 5) is 15.7. The maximum Gasteiger partial charge on any atom is 0.422 e. The molecule has 1 aromatic carbocycles. The van der Waals surface area contributed by atoms with E-state index in [1.54, 1.807) is 0 Å². The van der Waals surface area contributed by atoms with Crippen LogP contribution in [-0.4, -0.2) is 23.7 Å². The summed E-state index contributed by atoms with van der Waals surface area (Å²) in [5, 5.41) is 2.35. The summed E-state index contributed by atoms with van der Waals surface area (Å²) in [6.45, 7) is -1.60. The molecule has 0 aliphatic rings. The van der Waals surface area contributed by atoms with Gasteiger partial charge in [-0.25, -0.2) is 9.37 Å². The van der Waals surface area contributed by atoms with Crippen molar-refractivity contribution in [3.8, 4) is 5.88 Å². The predicted molar refractivity (Wildman–Crippen MR) is 75.2 cm³/mol. The SMILES string of the molecule is O=C(Nc1ccc(Cl)cc1F)c1cccnc1OCC(F)(F)F.